The zero-order chi connectivity index (χ0) is 21.3. The molecule has 2 aromatic carbocycles. The van der Waals surface area contributed by atoms with Crippen molar-refractivity contribution in [3.63, 3.8) is 0 Å². The minimum absolute atomic E-state index is 0.195. The Morgan fingerprint density at radius 1 is 1.17 bits per heavy atom. The summed E-state index contributed by atoms with van der Waals surface area (Å²) in [6.45, 7) is 3.41. The largest absolute Gasteiger partial charge is 0.496 e. The van der Waals surface area contributed by atoms with E-state index in [1.54, 1.807) is 26.3 Å². The van der Waals surface area contributed by atoms with Gasteiger partial charge in [-0.05, 0) is 49.7 Å². The van der Waals surface area contributed by atoms with Crippen LogP contribution in [0.4, 0.5) is 0 Å². The van der Waals surface area contributed by atoms with Crippen LogP contribution in [0.25, 0.3) is 0 Å². The van der Waals surface area contributed by atoms with Crippen molar-refractivity contribution in [1.29, 1.82) is 0 Å². The number of likely N-dealkylation sites (tertiary alicyclic amines) is 1. The Balaban J connectivity index is 1.66. The summed E-state index contributed by atoms with van der Waals surface area (Å²) >= 11 is 0. The van der Waals surface area contributed by atoms with E-state index in [0.29, 0.717) is 24.6 Å². The first-order valence-corrected chi connectivity index (χ1v) is 10.3. The number of benzene rings is 2. The maximum absolute atomic E-state index is 11.4. The van der Waals surface area contributed by atoms with Gasteiger partial charge in [-0.1, -0.05) is 30.3 Å². The average Bonchev–Trinajstić information content (AvgIpc) is 3.31. The molecule has 0 bridgehead atoms. The van der Waals surface area contributed by atoms with E-state index in [1.807, 2.05) is 24.3 Å². The maximum atomic E-state index is 11.4. The number of primary amides is 1. The third kappa shape index (κ3) is 5.51. The van der Waals surface area contributed by atoms with E-state index in [4.69, 9.17) is 10.5 Å². The molecule has 0 saturated carbocycles. The van der Waals surface area contributed by atoms with Crippen molar-refractivity contribution in [2.45, 2.75) is 25.4 Å². The van der Waals surface area contributed by atoms with Gasteiger partial charge in [0, 0.05) is 31.3 Å². The molecule has 1 fully saturated rings. The van der Waals surface area contributed by atoms with Gasteiger partial charge in [0.1, 0.15) is 5.75 Å². The molecule has 160 valence electrons. The summed E-state index contributed by atoms with van der Waals surface area (Å²) in [6, 6.07) is 15.7. The lowest BCUT2D eigenvalue weighted by Gasteiger charge is -2.30. The van der Waals surface area contributed by atoms with Gasteiger partial charge in [0.25, 0.3) is 0 Å². The van der Waals surface area contributed by atoms with Crippen LogP contribution in [0.15, 0.2) is 53.5 Å². The van der Waals surface area contributed by atoms with E-state index in [-0.39, 0.29) is 6.04 Å². The van der Waals surface area contributed by atoms with E-state index in [2.05, 4.69) is 32.7 Å². The fraction of sp³-hybridized carbons (Fsp3) is 0.391. The SMILES string of the molecule is CN=C(NCc1cccc(C(N)=O)c1)NCC(c1ccccc1OC)N1CCCC1. The van der Waals surface area contributed by atoms with Crippen LogP contribution < -0.4 is 21.1 Å². The van der Waals surface area contributed by atoms with Crippen LogP contribution in [0.2, 0.25) is 0 Å². The van der Waals surface area contributed by atoms with Crippen molar-refractivity contribution in [2.75, 3.05) is 33.8 Å². The molecular weight excluding hydrogens is 378 g/mol. The van der Waals surface area contributed by atoms with Crippen molar-refractivity contribution in [2.24, 2.45) is 10.7 Å². The van der Waals surface area contributed by atoms with E-state index in [9.17, 15) is 4.79 Å². The number of para-hydroxylation sites is 1. The first-order valence-electron chi connectivity index (χ1n) is 10.3. The van der Waals surface area contributed by atoms with Gasteiger partial charge in [-0.3, -0.25) is 14.7 Å². The number of methoxy groups -OCH3 is 1. The van der Waals surface area contributed by atoms with E-state index >= 15 is 0 Å². The van der Waals surface area contributed by atoms with Crippen molar-refractivity contribution >= 4 is 11.9 Å². The second-order valence-electron chi connectivity index (χ2n) is 7.37. The zero-order valence-corrected chi connectivity index (χ0v) is 17.7. The molecule has 2 aromatic rings. The molecule has 1 atom stereocenters. The van der Waals surface area contributed by atoms with Crippen LogP contribution in [-0.2, 0) is 6.54 Å². The predicted octanol–water partition coefficient (Wildman–Crippen LogP) is 2.30. The zero-order valence-electron chi connectivity index (χ0n) is 17.7. The van der Waals surface area contributed by atoms with Gasteiger partial charge >= 0.3 is 0 Å². The number of nitrogens with two attached hydrogens (primary N) is 1. The van der Waals surface area contributed by atoms with Gasteiger partial charge in [-0.15, -0.1) is 0 Å². The molecule has 1 unspecified atom stereocenters. The number of hydrogen-bond acceptors (Lipinski definition) is 4. The molecule has 0 spiro atoms. The van der Waals surface area contributed by atoms with Gasteiger partial charge in [0.15, 0.2) is 5.96 Å². The summed E-state index contributed by atoms with van der Waals surface area (Å²) < 4.78 is 5.62. The second kappa shape index (κ2) is 10.6. The van der Waals surface area contributed by atoms with Crippen LogP contribution >= 0.6 is 0 Å². The summed E-state index contributed by atoms with van der Waals surface area (Å²) in [7, 11) is 3.47. The lowest BCUT2D eigenvalue weighted by Crippen LogP contribution is -2.42. The minimum atomic E-state index is -0.426. The van der Waals surface area contributed by atoms with E-state index < -0.39 is 5.91 Å². The molecule has 7 heteroatoms. The van der Waals surface area contributed by atoms with Crippen molar-refractivity contribution < 1.29 is 9.53 Å². The number of rotatable bonds is 8. The van der Waals surface area contributed by atoms with Crippen LogP contribution in [0, 0.1) is 0 Å². The second-order valence-corrected chi connectivity index (χ2v) is 7.37. The first kappa shape index (κ1) is 21.6. The van der Waals surface area contributed by atoms with Crippen molar-refractivity contribution in [1.82, 2.24) is 15.5 Å². The van der Waals surface area contributed by atoms with E-state index in [0.717, 1.165) is 24.4 Å². The van der Waals surface area contributed by atoms with Crippen LogP contribution in [0.5, 0.6) is 5.75 Å². The van der Waals surface area contributed by atoms with Crippen molar-refractivity contribution in [3.05, 3.63) is 65.2 Å². The third-order valence-corrected chi connectivity index (χ3v) is 5.44. The van der Waals surface area contributed by atoms with Crippen LogP contribution in [-0.4, -0.2) is 50.6 Å². The number of guanidine groups is 1. The first-order chi connectivity index (χ1) is 14.6. The third-order valence-electron chi connectivity index (χ3n) is 5.44. The fourth-order valence-corrected chi connectivity index (χ4v) is 3.87. The lowest BCUT2D eigenvalue weighted by atomic mass is 10.0. The summed E-state index contributed by atoms with van der Waals surface area (Å²) in [5.41, 5.74) is 8.02. The molecule has 30 heavy (non-hydrogen) atoms. The molecule has 0 aromatic heterocycles. The number of nitrogens with zero attached hydrogens (tertiary/aromatic N) is 2. The molecule has 1 heterocycles. The highest BCUT2D eigenvalue weighted by molar-refractivity contribution is 5.92. The molecular formula is C23H31N5O2. The number of hydrogen-bond donors (Lipinski definition) is 3. The maximum Gasteiger partial charge on any atom is 0.248 e. The number of aliphatic imine (C=N–C) groups is 1. The van der Waals surface area contributed by atoms with E-state index in [1.165, 1.54) is 18.4 Å². The van der Waals surface area contributed by atoms with Gasteiger partial charge in [0.2, 0.25) is 5.91 Å². The molecule has 1 saturated heterocycles. The normalized spacial score (nSPS) is 15.6. The Labute approximate surface area is 178 Å². The Kier molecular flexibility index (Phi) is 7.68. The Bertz CT molecular complexity index is 877. The summed E-state index contributed by atoms with van der Waals surface area (Å²) in [6.07, 6.45) is 2.43. The average molecular weight is 410 g/mol. The number of amides is 1. The van der Waals surface area contributed by atoms with Crippen LogP contribution in [0.1, 0.15) is 40.4 Å². The molecule has 1 aliphatic rings. The molecule has 3 rings (SSSR count). The lowest BCUT2D eigenvalue weighted by molar-refractivity contribution is 0.1000. The van der Waals surface area contributed by atoms with Gasteiger partial charge in [0.05, 0.1) is 13.2 Å². The molecule has 0 radical (unpaired) electrons. The summed E-state index contributed by atoms with van der Waals surface area (Å²) in [4.78, 5) is 18.2. The monoisotopic (exact) mass is 409 g/mol. The van der Waals surface area contributed by atoms with Crippen LogP contribution in [0.3, 0.4) is 0 Å². The number of ether oxygens (including phenoxy) is 1. The standard InChI is InChI=1S/C23H31N5O2/c1-25-23(26-15-17-8-7-9-18(14-17)22(24)29)27-16-20(28-12-5-6-13-28)19-10-3-4-11-21(19)30-2/h3-4,7-11,14,20H,5-6,12-13,15-16H2,1-2H3,(H2,24,29)(H2,25,26,27). The molecule has 7 nitrogen and oxygen atoms in total. The topological polar surface area (TPSA) is 92.0 Å². The quantitative estimate of drug-likeness (QED) is 0.460. The summed E-state index contributed by atoms with van der Waals surface area (Å²) in [5, 5.41) is 6.77. The highest BCUT2D eigenvalue weighted by Crippen LogP contribution is 2.31. The highest BCUT2D eigenvalue weighted by Gasteiger charge is 2.26. The molecule has 0 aliphatic carbocycles. The predicted molar refractivity (Wildman–Crippen MR) is 120 cm³/mol. The van der Waals surface area contributed by atoms with Gasteiger partial charge < -0.3 is 21.1 Å². The minimum Gasteiger partial charge on any atom is -0.496 e. The Morgan fingerprint density at radius 3 is 2.63 bits per heavy atom. The van der Waals surface area contributed by atoms with Gasteiger partial charge in [-0.2, -0.15) is 0 Å². The number of nitrogens with one attached hydrogen (secondary N) is 2. The molecule has 4 N–H and O–H groups in total. The fourth-order valence-electron chi connectivity index (χ4n) is 3.87. The van der Waals surface area contributed by atoms with Crippen molar-refractivity contribution in [3.8, 4) is 5.75 Å². The highest BCUT2D eigenvalue weighted by atomic mass is 16.5. The Hall–Kier alpha value is -3.06. The summed E-state index contributed by atoms with van der Waals surface area (Å²) in [5.74, 6) is 1.19. The molecule has 1 amide bonds. The molecule has 1 aliphatic heterocycles. The van der Waals surface area contributed by atoms with Gasteiger partial charge in [-0.25, -0.2) is 0 Å². The Morgan fingerprint density at radius 2 is 1.93 bits per heavy atom. The number of carbonyl (C=O) groups excluding carboxylic acids is 1. The number of carbonyl (C=O) groups is 1. The smallest absolute Gasteiger partial charge is 0.248 e.